The first-order valence-corrected chi connectivity index (χ1v) is 8.38. The molecule has 4 aromatic rings. The minimum atomic E-state index is 0.375. The Morgan fingerprint density at radius 2 is 2.04 bits per heavy atom. The Kier molecular flexibility index (Phi) is 3.33. The molecular weight excluding hydrogens is 330 g/mol. The molecule has 0 saturated carbocycles. The van der Waals surface area contributed by atoms with Crippen LogP contribution in [-0.4, -0.2) is 50.9 Å². The van der Waals surface area contributed by atoms with E-state index in [1.54, 1.807) is 12.4 Å². The van der Waals surface area contributed by atoms with E-state index in [1.165, 1.54) is 0 Å². The van der Waals surface area contributed by atoms with Crippen LogP contribution in [0.25, 0.3) is 27.8 Å². The summed E-state index contributed by atoms with van der Waals surface area (Å²) >= 11 is 0. The van der Waals surface area contributed by atoms with Gasteiger partial charge in [-0.1, -0.05) is 12.1 Å². The summed E-state index contributed by atoms with van der Waals surface area (Å²) in [4.78, 5) is 11.5. The van der Waals surface area contributed by atoms with Gasteiger partial charge in [-0.2, -0.15) is 10.4 Å². The third-order valence-electron chi connectivity index (χ3n) is 4.61. The largest absolute Gasteiger partial charge is 0.378 e. The van der Waals surface area contributed by atoms with Gasteiger partial charge in [0.25, 0.3) is 0 Å². The molecule has 3 aromatic heterocycles. The first-order valence-electron chi connectivity index (χ1n) is 8.38. The molecule has 5 rings (SSSR count). The predicted octanol–water partition coefficient (Wildman–Crippen LogP) is 1.98. The molecule has 0 amide bonds. The smallest absolute Gasteiger partial charge is 0.181 e. The van der Waals surface area contributed by atoms with Gasteiger partial charge in [0.05, 0.1) is 30.6 Å². The number of aromatic nitrogens is 5. The lowest BCUT2D eigenvalue weighted by Crippen LogP contribution is -2.37. The zero-order valence-electron chi connectivity index (χ0n) is 13.9. The Morgan fingerprint density at radius 1 is 1.15 bits per heavy atom. The van der Waals surface area contributed by atoms with Crippen molar-refractivity contribution in [1.29, 1.82) is 5.26 Å². The number of hydrogen-bond acceptors (Lipinski definition) is 6. The predicted molar refractivity (Wildman–Crippen MR) is 95.8 cm³/mol. The summed E-state index contributed by atoms with van der Waals surface area (Å²) in [5.74, 6) is 0.771. The molecule has 8 heteroatoms. The normalized spacial score (nSPS) is 14.8. The summed E-state index contributed by atoms with van der Waals surface area (Å²) in [6, 6.07) is 8.10. The molecule has 1 aromatic carbocycles. The lowest BCUT2D eigenvalue weighted by Gasteiger charge is -2.28. The number of nitrogens with one attached hydrogen (secondary N) is 1. The summed E-state index contributed by atoms with van der Waals surface area (Å²) in [7, 11) is 0. The number of rotatable bonds is 2. The van der Waals surface area contributed by atoms with Crippen molar-refractivity contribution in [1.82, 2.24) is 24.6 Å². The van der Waals surface area contributed by atoms with Crippen LogP contribution in [0.4, 0.5) is 5.82 Å². The highest BCUT2D eigenvalue weighted by Crippen LogP contribution is 2.30. The summed E-state index contributed by atoms with van der Waals surface area (Å²) in [5.41, 5.74) is 3.82. The Balaban J connectivity index is 1.76. The molecule has 0 spiro atoms. The summed E-state index contributed by atoms with van der Waals surface area (Å²) < 4.78 is 7.34. The molecular formula is C18H15N7O. The van der Waals surface area contributed by atoms with E-state index < -0.39 is 0 Å². The minimum Gasteiger partial charge on any atom is -0.378 e. The zero-order chi connectivity index (χ0) is 17.5. The van der Waals surface area contributed by atoms with Gasteiger partial charge in [0, 0.05) is 36.4 Å². The van der Waals surface area contributed by atoms with Crippen molar-refractivity contribution >= 4 is 22.4 Å². The van der Waals surface area contributed by atoms with Crippen LogP contribution in [0.2, 0.25) is 0 Å². The van der Waals surface area contributed by atoms with E-state index in [-0.39, 0.29) is 0 Å². The second-order valence-corrected chi connectivity index (χ2v) is 6.15. The van der Waals surface area contributed by atoms with Crippen molar-refractivity contribution in [3.63, 3.8) is 0 Å². The number of H-pyrrole nitrogens is 1. The average molecular weight is 345 g/mol. The van der Waals surface area contributed by atoms with Crippen LogP contribution >= 0.6 is 0 Å². The highest BCUT2D eigenvalue weighted by Gasteiger charge is 2.20. The molecule has 0 unspecified atom stereocenters. The number of benzene rings is 1. The Hall–Kier alpha value is -3.44. The second kappa shape index (κ2) is 5.82. The van der Waals surface area contributed by atoms with E-state index in [0.29, 0.717) is 24.6 Å². The molecule has 1 saturated heterocycles. The molecule has 1 N–H and O–H groups in total. The zero-order valence-corrected chi connectivity index (χ0v) is 13.9. The number of ether oxygens (including phenoxy) is 1. The van der Waals surface area contributed by atoms with Crippen LogP contribution in [0, 0.1) is 11.3 Å². The number of nitrogens with zero attached hydrogens (tertiary/aromatic N) is 6. The van der Waals surface area contributed by atoms with E-state index >= 15 is 0 Å². The van der Waals surface area contributed by atoms with Gasteiger partial charge in [-0.05, 0) is 6.07 Å². The van der Waals surface area contributed by atoms with Crippen molar-refractivity contribution in [2.24, 2.45) is 0 Å². The number of morpholine rings is 1. The van der Waals surface area contributed by atoms with Crippen molar-refractivity contribution in [3.8, 4) is 17.3 Å². The fraction of sp³-hybridized carbons (Fsp3) is 0.222. The lowest BCUT2D eigenvalue weighted by atomic mass is 10.1. The molecule has 1 aliphatic heterocycles. The Labute approximate surface area is 148 Å². The van der Waals surface area contributed by atoms with E-state index in [1.807, 2.05) is 28.8 Å². The monoisotopic (exact) mass is 345 g/mol. The molecule has 4 heterocycles. The molecule has 0 bridgehead atoms. The maximum absolute atomic E-state index is 9.25. The molecule has 8 nitrogen and oxygen atoms in total. The van der Waals surface area contributed by atoms with E-state index in [9.17, 15) is 5.26 Å². The first-order chi connectivity index (χ1) is 12.8. The highest BCUT2D eigenvalue weighted by atomic mass is 16.5. The third kappa shape index (κ3) is 2.29. The quantitative estimate of drug-likeness (QED) is 0.597. The number of fused-ring (bicyclic) bond motifs is 2. The molecule has 0 radical (unpaired) electrons. The topological polar surface area (TPSA) is 95.1 Å². The molecule has 0 atom stereocenters. The van der Waals surface area contributed by atoms with Crippen LogP contribution in [0.3, 0.4) is 0 Å². The molecule has 1 fully saturated rings. The van der Waals surface area contributed by atoms with E-state index in [0.717, 1.165) is 41.1 Å². The summed E-state index contributed by atoms with van der Waals surface area (Å²) in [6.45, 7) is 2.80. The van der Waals surface area contributed by atoms with Gasteiger partial charge in [0.1, 0.15) is 6.07 Å². The average Bonchev–Trinajstić information content (AvgIpc) is 3.34. The minimum absolute atomic E-state index is 0.375. The van der Waals surface area contributed by atoms with Crippen LogP contribution in [-0.2, 0) is 4.74 Å². The molecule has 26 heavy (non-hydrogen) atoms. The van der Waals surface area contributed by atoms with Crippen LogP contribution < -0.4 is 4.90 Å². The highest BCUT2D eigenvalue weighted by molar-refractivity contribution is 5.93. The molecule has 1 aliphatic rings. The fourth-order valence-corrected chi connectivity index (χ4v) is 3.34. The van der Waals surface area contributed by atoms with E-state index in [2.05, 4.69) is 26.2 Å². The maximum Gasteiger partial charge on any atom is 0.181 e. The van der Waals surface area contributed by atoms with Gasteiger partial charge in [0.2, 0.25) is 0 Å². The lowest BCUT2D eigenvalue weighted by molar-refractivity contribution is 0.122. The van der Waals surface area contributed by atoms with Gasteiger partial charge < -0.3 is 14.0 Å². The maximum atomic E-state index is 9.25. The van der Waals surface area contributed by atoms with Crippen molar-refractivity contribution < 1.29 is 4.74 Å². The number of nitriles is 1. The van der Waals surface area contributed by atoms with Crippen LogP contribution in [0.15, 0.2) is 36.8 Å². The number of imidazole rings is 1. The van der Waals surface area contributed by atoms with Gasteiger partial charge in [-0.3, -0.25) is 5.10 Å². The Morgan fingerprint density at radius 3 is 2.88 bits per heavy atom. The van der Waals surface area contributed by atoms with Gasteiger partial charge in [-0.15, -0.1) is 0 Å². The molecule has 0 aliphatic carbocycles. The first kappa shape index (κ1) is 14.9. The van der Waals surface area contributed by atoms with Crippen molar-refractivity contribution in [3.05, 3.63) is 42.5 Å². The number of aromatic amines is 1. The van der Waals surface area contributed by atoms with Gasteiger partial charge in [0.15, 0.2) is 17.2 Å². The van der Waals surface area contributed by atoms with E-state index in [4.69, 9.17) is 9.72 Å². The summed E-state index contributed by atoms with van der Waals surface area (Å²) in [6.07, 6.45) is 5.45. The second-order valence-electron chi connectivity index (χ2n) is 6.15. The third-order valence-corrected chi connectivity index (χ3v) is 4.61. The number of anilines is 1. The summed E-state index contributed by atoms with van der Waals surface area (Å²) in [5, 5.41) is 17.4. The Bertz CT molecular complexity index is 1150. The van der Waals surface area contributed by atoms with Gasteiger partial charge >= 0.3 is 0 Å². The standard InChI is InChI=1S/C18H15N7O/c19-8-12-10-25-11-16(13-2-1-3-15-14(13)9-20-23-15)22-18(17(25)21-12)24-4-6-26-7-5-24/h1-3,9-11H,4-7H2,(H,20,23). The number of hydrogen-bond donors (Lipinski definition) is 1. The molecule has 128 valence electrons. The van der Waals surface area contributed by atoms with Crippen LogP contribution in [0.1, 0.15) is 5.69 Å². The van der Waals surface area contributed by atoms with Gasteiger partial charge in [-0.25, -0.2) is 9.97 Å². The van der Waals surface area contributed by atoms with Crippen LogP contribution in [0.5, 0.6) is 0 Å². The van der Waals surface area contributed by atoms with Crippen molar-refractivity contribution in [2.75, 3.05) is 31.2 Å². The fourth-order valence-electron chi connectivity index (χ4n) is 3.34. The van der Waals surface area contributed by atoms with Crippen molar-refractivity contribution in [2.45, 2.75) is 0 Å². The SMILES string of the molecule is N#Cc1cn2cc(-c3cccc4[nH]ncc34)nc(N3CCOCC3)c2n1.